The topological polar surface area (TPSA) is 38.7 Å². The molecule has 1 fully saturated rings. The number of hydrogen-bond acceptors (Lipinski definition) is 3. The molecule has 0 radical (unpaired) electrons. The predicted octanol–water partition coefficient (Wildman–Crippen LogP) is 6.26. The van der Waals surface area contributed by atoms with Gasteiger partial charge in [-0.3, -0.25) is 0 Å². The maximum atomic E-state index is 13.4. The van der Waals surface area contributed by atoms with Crippen LogP contribution < -0.4 is 0 Å². The normalized spacial score (nSPS) is 24.6. The van der Waals surface area contributed by atoms with Gasteiger partial charge in [0.05, 0.1) is 27.8 Å². The Bertz CT molecular complexity index is 931. The van der Waals surface area contributed by atoms with Crippen molar-refractivity contribution in [1.82, 2.24) is 0 Å². The summed E-state index contributed by atoms with van der Waals surface area (Å²) >= 11 is 11.9. The Labute approximate surface area is 183 Å². The fourth-order valence-electron chi connectivity index (χ4n) is 3.76. The molecule has 1 aliphatic heterocycles. The molecule has 1 N–H and O–H groups in total. The zero-order valence-electron chi connectivity index (χ0n) is 15.8. The van der Waals surface area contributed by atoms with E-state index in [4.69, 9.17) is 32.7 Å². The average Bonchev–Trinajstić information content (AvgIpc) is 2.99. The van der Waals surface area contributed by atoms with Crippen LogP contribution in [0.2, 0.25) is 10.0 Å². The highest BCUT2D eigenvalue weighted by Gasteiger charge is 2.51. The van der Waals surface area contributed by atoms with Gasteiger partial charge in [0.25, 0.3) is 0 Å². The molecule has 1 heterocycles. The number of rotatable bonds is 4. The summed E-state index contributed by atoms with van der Waals surface area (Å²) < 4.78 is 90.5. The molecule has 1 aliphatic rings. The van der Waals surface area contributed by atoms with E-state index in [2.05, 4.69) is 0 Å². The van der Waals surface area contributed by atoms with Crippen molar-refractivity contribution in [3.63, 3.8) is 0 Å². The van der Waals surface area contributed by atoms with Gasteiger partial charge in [0.15, 0.2) is 5.79 Å². The molecule has 170 valence electrons. The minimum absolute atomic E-state index is 0.0306. The van der Waals surface area contributed by atoms with Crippen molar-refractivity contribution in [3.8, 4) is 0 Å². The lowest BCUT2D eigenvalue weighted by Crippen LogP contribution is -2.39. The summed E-state index contributed by atoms with van der Waals surface area (Å²) in [5.41, 5.74) is -2.94. The molecule has 2 aromatic carbocycles. The fraction of sp³-hybridized carbons (Fsp3) is 0.400. The molecule has 2 aromatic rings. The first-order chi connectivity index (χ1) is 14.3. The van der Waals surface area contributed by atoms with Crippen molar-refractivity contribution in [2.24, 2.45) is 0 Å². The molecule has 3 unspecified atom stereocenters. The summed E-state index contributed by atoms with van der Waals surface area (Å²) in [5, 5.41) is 11.3. The van der Waals surface area contributed by atoms with E-state index in [1.165, 1.54) is 25.3 Å². The van der Waals surface area contributed by atoms with Crippen molar-refractivity contribution in [1.29, 1.82) is 0 Å². The predicted molar refractivity (Wildman–Crippen MR) is 101 cm³/mol. The molecule has 0 aromatic heterocycles. The van der Waals surface area contributed by atoms with Gasteiger partial charge in [0.1, 0.15) is 6.61 Å². The highest BCUT2D eigenvalue weighted by atomic mass is 35.5. The highest BCUT2D eigenvalue weighted by Crippen LogP contribution is 2.50. The summed E-state index contributed by atoms with van der Waals surface area (Å²) in [5.74, 6) is -4.30. The second kappa shape index (κ2) is 8.44. The molecule has 3 nitrogen and oxygen atoms in total. The van der Waals surface area contributed by atoms with Crippen LogP contribution in [-0.2, 0) is 21.8 Å². The van der Waals surface area contributed by atoms with E-state index in [0.717, 1.165) is 0 Å². The summed E-state index contributed by atoms with van der Waals surface area (Å²) in [7, 11) is 1.22. The second-order valence-corrected chi connectivity index (χ2v) is 8.00. The Morgan fingerprint density at radius 1 is 0.968 bits per heavy atom. The number of halogens is 8. The number of alkyl halides is 6. The Balaban J connectivity index is 2.21. The van der Waals surface area contributed by atoms with Gasteiger partial charge >= 0.3 is 12.4 Å². The Morgan fingerprint density at radius 2 is 1.55 bits per heavy atom. The van der Waals surface area contributed by atoms with Gasteiger partial charge in [-0.25, -0.2) is 0 Å². The van der Waals surface area contributed by atoms with Crippen molar-refractivity contribution in [3.05, 3.63) is 68.7 Å². The smallest absolute Gasteiger partial charge is 0.379 e. The monoisotopic (exact) mass is 488 g/mol. The van der Waals surface area contributed by atoms with Crippen LogP contribution in [0.3, 0.4) is 0 Å². The number of aliphatic hydroxyl groups is 1. The lowest BCUT2D eigenvalue weighted by Gasteiger charge is -2.31. The van der Waals surface area contributed by atoms with Crippen molar-refractivity contribution in [2.75, 3.05) is 20.3 Å². The van der Waals surface area contributed by atoms with E-state index >= 15 is 0 Å². The molecule has 0 saturated carbocycles. The first kappa shape index (κ1) is 24.1. The van der Waals surface area contributed by atoms with E-state index in [1.54, 1.807) is 0 Å². The van der Waals surface area contributed by atoms with Gasteiger partial charge in [-0.2, -0.15) is 26.3 Å². The SMILES string of the molecule is COCC1(O)OCC(c2ccc(Cl)c(Cl)c2)C1c1cc(C(F)(F)F)cc(C(F)(F)F)c1. The van der Waals surface area contributed by atoms with E-state index in [-0.39, 0.29) is 22.7 Å². The molecule has 0 bridgehead atoms. The standard InChI is InChI=1S/C20H16Cl2F6O3/c1-30-9-18(29)17(14(8-31-18)10-2-3-15(21)16(22)6-10)11-4-12(19(23,24)25)7-13(5-11)20(26,27)28/h2-7,14,17,29H,8-9H2,1H3. The van der Waals surface area contributed by atoms with Gasteiger partial charge in [-0.15, -0.1) is 0 Å². The average molecular weight is 489 g/mol. The Morgan fingerprint density at radius 3 is 2.03 bits per heavy atom. The van der Waals surface area contributed by atoms with Crippen molar-refractivity contribution >= 4 is 23.2 Å². The quantitative estimate of drug-likeness (QED) is 0.516. The maximum absolute atomic E-state index is 13.4. The van der Waals surface area contributed by atoms with Gasteiger partial charge in [-0.05, 0) is 41.5 Å². The van der Waals surface area contributed by atoms with E-state index < -0.39 is 53.3 Å². The Kier molecular flexibility index (Phi) is 6.57. The molecule has 0 spiro atoms. The van der Waals surface area contributed by atoms with Crippen molar-refractivity contribution < 1.29 is 40.9 Å². The van der Waals surface area contributed by atoms with Crippen LogP contribution >= 0.6 is 23.2 Å². The zero-order chi connectivity index (χ0) is 23.2. The first-order valence-electron chi connectivity index (χ1n) is 8.86. The molecule has 3 rings (SSSR count). The van der Waals surface area contributed by atoms with Crippen LogP contribution in [0.4, 0.5) is 26.3 Å². The van der Waals surface area contributed by atoms with Gasteiger partial charge < -0.3 is 14.6 Å². The van der Waals surface area contributed by atoms with E-state index in [0.29, 0.717) is 17.7 Å². The largest absolute Gasteiger partial charge is 0.416 e. The highest BCUT2D eigenvalue weighted by molar-refractivity contribution is 6.42. The summed E-state index contributed by atoms with van der Waals surface area (Å²) in [6.45, 7) is -0.673. The van der Waals surface area contributed by atoms with Gasteiger partial charge in [-0.1, -0.05) is 29.3 Å². The molecule has 0 aliphatic carbocycles. The van der Waals surface area contributed by atoms with Crippen LogP contribution in [-0.4, -0.2) is 31.2 Å². The van der Waals surface area contributed by atoms with Crippen LogP contribution in [0, 0.1) is 0 Å². The summed E-state index contributed by atoms with van der Waals surface area (Å²) in [6.07, 6.45) is -10.1. The number of methoxy groups -OCH3 is 1. The zero-order valence-corrected chi connectivity index (χ0v) is 17.3. The second-order valence-electron chi connectivity index (χ2n) is 7.19. The van der Waals surface area contributed by atoms with Crippen LogP contribution in [0.25, 0.3) is 0 Å². The summed E-state index contributed by atoms with van der Waals surface area (Å²) in [4.78, 5) is 0. The third-order valence-corrected chi connectivity index (χ3v) is 5.83. The van der Waals surface area contributed by atoms with Gasteiger partial charge in [0, 0.05) is 18.9 Å². The fourth-order valence-corrected chi connectivity index (χ4v) is 4.06. The maximum Gasteiger partial charge on any atom is 0.416 e. The van der Waals surface area contributed by atoms with Gasteiger partial charge in [0.2, 0.25) is 0 Å². The third-order valence-electron chi connectivity index (χ3n) is 5.09. The minimum Gasteiger partial charge on any atom is -0.379 e. The Hall–Kier alpha value is -1.52. The van der Waals surface area contributed by atoms with E-state index in [9.17, 15) is 31.4 Å². The molecule has 31 heavy (non-hydrogen) atoms. The van der Waals surface area contributed by atoms with E-state index in [1.807, 2.05) is 0 Å². The van der Waals surface area contributed by atoms with Crippen molar-refractivity contribution in [2.45, 2.75) is 30.0 Å². The number of ether oxygens (including phenoxy) is 2. The molecular weight excluding hydrogens is 473 g/mol. The molecule has 11 heteroatoms. The molecule has 1 saturated heterocycles. The third kappa shape index (κ3) is 4.96. The van der Waals surface area contributed by atoms with Crippen LogP contribution in [0.15, 0.2) is 36.4 Å². The molecular formula is C20H16Cl2F6O3. The van der Waals surface area contributed by atoms with Crippen LogP contribution in [0.1, 0.15) is 34.1 Å². The number of hydrogen-bond donors (Lipinski definition) is 1. The summed E-state index contributed by atoms with van der Waals surface area (Å²) in [6, 6.07) is 5.59. The minimum atomic E-state index is -5.03. The number of benzene rings is 2. The molecule has 3 atom stereocenters. The molecule has 0 amide bonds. The lowest BCUT2D eigenvalue weighted by atomic mass is 9.78. The van der Waals surface area contributed by atoms with Crippen LogP contribution in [0.5, 0.6) is 0 Å². The first-order valence-corrected chi connectivity index (χ1v) is 9.61. The lowest BCUT2D eigenvalue weighted by molar-refractivity contribution is -0.208.